The zero-order valence-electron chi connectivity index (χ0n) is 17.1. The molecular weight excluding hydrogens is 556 g/mol. The minimum Gasteiger partial charge on any atom is -0.375 e. The molecule has 0 aliphatic rings. The van der Waals surface area contributed by atoms with Gasteiger partial charge in [-0.25, -0.2) is 0 Å². The predicted octanol–water partition coefficient (Wildman–Crippen LogP) is 3.04. The van der Waals surface area contributed by atoms with Crippen LogP contribution in [0, 0.1) is 7.43 Å². The van der Waals surface area contributed by atoms with Gasteiger partial charge in [-0.1, -0.05) is 60.7 Å². The van der Waals surface area contributed by atoms with Crippen molar-refractivity contribution in [2.75, 3.05) is 48.1 Å². The van der Waals surface area contributed by atoms with E-state index in [1.807, 2.05) is 0 Å². The third kappa shape index (κ3) is 11.9. The fourth-order valence-electron chi connectivity index (χ4n) is 2.17. The van der Waals surface area contributed by atoms with E-state index in [2.05, 4.69) is 79.7 Å². The van der Waals surface area contributed by atoms with Crippen LogP contribution in [0.2, 0.25) is 0 Å². The minimum absolute atomic E-state index is 0. The Hall–Kier alpha value is -0.385. The molecule has 0 saturated carbocycles. The second-order valence-corrected chi connectivity index (χ2v) is 9.55. The fraction of sp³-hybridized carbons (Fsp3) is 0.350. The second-order valence-electron chi connectivity index (χ2n) is 5.49. The summed E-state index contributed by atoms with van der Waals surface area (Å²) in [7, 11) is 7.37. The van der Waals surface area contributed by atoms with Crippen molar-refractivity contribution in [2.45, 2.75) is 0 Å². The Morgan fingerprint density at radius 1 is 0.778 bits per heavy atom. The molecule has 2 aromatic rings. The van der Waals surface area contributed by atoms with Crippen molar-refractivity contribution in [2.24, 2.45) is 0 Å². The van der Waals surface area contributed by atoms with Crippen LogP contribution >= 0.6 is 7.92 Å². The first-order valence-electron chi connectivity index (χ1n) is 8.13. The van der Waals surface area contributed by atoms with Gasteiger partial charge in [0.2, 0.25) is 0 Å². The molecule has 0 N–H and O–H groups in total. The van der Waals surface area contributed by atoms with E-state index in [4.69, 9.17) is 13.3 Å². The summed E-state index contributed by atoms with van der Waals surface area (Å²) in [5.41, 5.74) is 0. The van der Waals surface area contributed by atoms with Gasteiger partial charge in [0.25, 0.3) is 0 Å². The van der Waals surface area contributed by atoms with E-state index in [0.29, 0.717) is 0 Å². The van der Waals surface area contributed by atoms with Gasteiger partial charge < -0.3 is 25.6 Å². The van der Waals surface area contributed by atoms with Crippen LogP contribution in [-0.4, -0.2) is 62.6 Å². The van der Waals surface area contributed by atoms with Gasteiger partial charge in [0.05, 0.1) is 0 Å². The molecular formula is C20H32NO3PPtSi-. The first-order chi connectivity index (χ1) is 12.1. The van der Waals surface area contributed by atoms with Gasteiger partial charge in [0.15, 0.2) is 0 Å². The van der Waals surface area contributed by atoms with Crippen LogP contribution in [0.15, 0.2) is 60.7 Å². The molecule has 0 aliphatic carbocycles. The zero-order chi connectivity index (χ0) is 18.5. The van der Waals surface area contributed by atoms with Crippen LogP contribution in [0.1, 0.15) is 0 Å². The Balaban J connectivity index is 0. The topological polar surface area (TPSA) is 30.9 Å². The average Bonchev–Trinajstić information content (AvgIpc) is 2.65. The summed E-state index contributed by atoms with van der Waals surface area (Å²) >= 11 is 0. The quantitative estimate of drug-likeness (QED) is 0.270. The van der Waals surface area contributed by atoms with Crippen LogP contribution in [-0.2, 0) is 34.3 Å². The molecule has 0 heterocycles. The average molecular weight is 589 g/mol. The molecule has 2 aromatic carbocycles. The fourth-order valence-corrected chi connectivity index (χ4v) is 5.15. The standard InChI is InChI=1S/C16H20NP.C3H9O3Si.CH3.Pt/c1-17(2)13-14-18(15-9-5-3-6-10-15)16-11-7-4-8-12-16;1-4-7(5-2)6-3;;/h3-12H,13-14H2,1-2H3;1-3H3;1H3;/q;;-1;. The largest absolute Gasteiger partial charge is 0.576 e. The van der Waals surface area contributed by atoms with Crippen molar-refractivity contribution in [1.29, 1.82) is 0 Å². The summed E-state index contributed by atoms with van der Waals surface area (Å²) in [6.45, 7) is 1.13. The molecule has 0 bridgehead atoms. The normalized spacial score (nSPS) is 10.1. The SMILES string of the molecule is CN(C)CCP(c1ccccc1)c1ccccc1.CO[Si](OC)OC.[CH3-].[Pt]. The first kappa shape index (κ1) is 28.8. The van der Waals surface area contributed by atoms with E-state index in [0.717, 1.165) is 6.54 Å². The van der Waals surface area contributed by atoms with E-state index >= 15 is 0 Å². The molecule has 155 valence electrons. The van der Waals surface area contributed by atoms with E-state index in [-0.39, 0.29) is 36.4 Å². The van der Waals surface area contributed by atoms with Crippen LogP contribution in [0.4, 0.5) is 0 Å². The molecule has 7 heteroatoms. The Kier molecular flexibility index (Phi) is 18.9. The van der Waals surface area contributed by atoms with Crippen molar-refractivity contribution < 1.29 is 34.3 Å². The van der Waals surface area contributed by atoms with Gasteiger partial charge in [0.1, 0.15) is 0 Å². The van der Waals surface area contributed by atoms with E-state index in [1.165, 1.54) is 16.8 Å². The molecule has 0 aliphatic heterocycles. The number of hydrogen-bond acceptors (Lipinski definition) is 4. The third-order valence-corrected chi connectivity index (χ3v) is 6.90. The second kappa shape index (κ2) is 17.7. The summed E-state index contributed by atoms with van der Waals surface area (Å²) in [4.78, 5) is 2.27. The van der Waals surface area contributed by atoms with Crippen molar-refractivity contribution >= 4 is 28.1 Å². The van der Waals surface area contributed by atoms with Crippen molar-refractivity contribution in [1.82, 2.24) is 4.90 Å². The molecule has 0 atom stereocenters. The van der Waals surface area contributed by atoms with Gasteiger partial charge in [-0.2, -0.15) is 0 Å². The molecule has 2 rings (SSSR count). The molecule has 0 unspecified atom stereocenters. The molecule has 0 amide bonds. The van der Waals surface area contributed by atoms with Crippen LogP contribution in [0.25, 0.3) is 0 Å². The number of rotatable bonds is 8. The predicted molar refractivity (Wildman–Crippen MR) is 116 cm³/mol. The molecule has 1 radical (unpaired) electrons. The first-order valence-corrected chi connectivity index (χ1v) is 10.9. The minimum atomic E-state index is -1.36. The maximum atomic E-state index is 4.71. The van der Waals surface area contributed by atoms with E-state index in [9.17, 15) is 0 Å². The summed E-state index contributed by atoms with van der Waals surface area (Å²) in [5.74, 6) is 0. The van der Waals surface area contributed by atoms with Crippen LogP contribution in [0.3, 0.4) is 0 Å². The van der Waals surface area contributed by atoms with Crippen molar-refractivity contribution in [3.63, 3.8) is 0 Å². The summed E-state index contributed by atoms with van der Waals surface area (Å²) in [5, 5.41) is 2.95. The third-order valence-electron chi connectivity index (χ3n) is 3.41. The van der Waals surface area contributed by atoms with Gasteiger partial charge in [0, 0.05) is 48.9 Å². The Labute approximate surface area is 183 Å². The van der Waals surface area contributed by atoms with Gasteiger partial charge in [-0.3, -0.25) is 0 Å². The molecule has 27 heavy (non-hydrogen) atoms. The Morgan fingerprint density at radius 3 is 1.41 bits per heavy atom. The smallest absolute Gasteiger partial charge is 0.375 e. The molecule has 0 saturated heterocycles. The summed E-state index contributed by atoms with van der Waals surface area (Å²) in [6, 6.07) is 21.8. The maximum absolute atomic E-state index is 4.71. The number of benzene rings is 2. The Morgan fingerprint density at radius 2 is 1.15 bits per heavy atom. The monoisotopic (exact) mass is 588 g/mol. The van der Waals surface area contributed by atoms with E-state index in [1.54, 1.807) is 21.3 Å². The van der Waals surface area contributed by atoms with Crippen molar-refractivity contribution in [3.05, 3.63) is 68.1 Å². The molecule has 4 nitrogen and oxygen atoms in total. The molecule has 0 fully saturated rings. The van der Waals surface area contributed by atoms with E-state index < -0.39 is 9.53 Å². The zero-order valence-corrected chi connectivity index (χ0v) is 21.3. The van der Waals surface area contributed by atoms with Gasteiger partial charge >= 0.3 is 9.53 Å². The van der Waals surface area contributed by atoms with Crippen LogP contribution in [0.5, 0.6) is 0 Å². The number of hydrogen-bond donors (Lipinski definition) is 0. The Bertz CT molecular complexity index is 515. The van der Waals surface area contributed by atoms with Crippen molar-refractivity contribution in [3.8, 4) is 0 Å². The molecule has 0 aromatic heterocycles. The van der Waals surface area contributed by atoms with Gasteiger partial charge in [-0.15, -0.1) is 0 Å². The van der Waals surface area contributed by atoms with Gasteiger partial charge in [-0.05, 0) is 38.8 Å². The maximum Gasteiger partial charge on any atom is 0.576 e. The molecule has 0 spiro atoms. The number of nitrogens with zero attached hydrogens (tertiary/aromatic N) is 1. The summed E-state index contributed by atoms with van der Waals surface area (Å²) in [6.07, 6.45) is 1.22. The summed E-state index contributed by atoms with van der Waals surface area (Å²) < 4.78 is 14.1. The van der Waals surface area contributed by atoms with Crippen LogP contribution < -0.4 is 10.6 Å².